The summed E-state index contributed by atoms with van der Waals surface area (Å²) in [5.74, 6) is -2.67. The zero-order valence-electron chi connectivity index (χ0n) is 10.7. The molecule has 1 unspecified atom stereocenters. The first-order chi connectivity index (χ1) is 9.31. The SMILES string of the molecule is CN(C(=O)NC(CC(N)=O)C(=O)O)c1ccc(F)cc1. The van der Waals surface area contributed by atoms with Crippen molar-refractivity contribution in [2.75, 3.05) is 11.9 Å². The maximum atomic E-state index is 12.8. The van der Waals surface area contributed by atoms with Gasteiger partial charge in [-0.2, -0.15) is 0 Å². The number of benzene rings is 1. The van der Waals surface area contributed by atoms with E-state index in [1.807, 2.05) is 0 Å². The third-order valence-electron chi connectivity index (χ3n) is 2.52. The van der Waals surface area contributed by atoms with Crippen LogP contribution in [0, 0.1) is 5.82 Å². The topological polar surface area (TPSA) is 113 Å². The molecule has 4 N–H and O–H groups in total. The second-order valence-corrected chi connectivity index (χ2v) is 4.05. The summed E-state index contributed by atoms with van der Waals surface area (Å²) in [7, 11) is 1.38. The highest BCUT2D eigenvalue weighted by Crippen LogP contribution is 2.13. The Morgan fingerprint density at radius 1 is 1.35 bits per heavy atom. The minimum atomic E-state index is -1.41. The third kappa shape index (κ3) is 4.23. The van der Waals surface area contributed by atoms with Crippen LogP contribution in [0.3, 0.4) is 0 Å². The molecule has 0 aromatic heterocycles. The zero-order valence-corrected chi connectivity index (χ0v) is 10.7. The lowest BCUT2D eigenvalue weighted by Gasteiger charge is -2.20. The molecule has 0 heterocycles. The van der Waals surface area contributed by atoms with Crippen molar-refractivity contribution in [3.05, 3.63) is 30.1 Å². The van der Waals surface area contributed by atoms with Gasteiger partial charge in [0, 0.05) is 12.7 Å². The monoisotopic (exact) mass is 283 g/mol. The number of urea groups is 1. The maximum absolute atomic E-state index is 12.8. The predicted molar refractivity (Wildman–Crippen MR) is 68.6 cm³/mol. The van der Waals surface area contributed by atoms with Crippen LogP contribution in [0.1, 0.15) is 6.42 Å². The van der Waals surface area contributed by atoms with Gasteiger partial charge in [-0.1, -0.05) is 0 Å². The first-order valence-electron chi connectivity index (χ1n) is 5.62. The number of amides is 3. The molecular weight excluding hydrogens is 269 g/mol. The molecule has 0 aliphatic heterocycles. The Bertz CT molecular complexity index is 518. The van der Waals surface area contributed by atoms with Gasteiger partial charge < -0.3 is 16.2 Å². The molecule has 0 saturated heterocycles. The number of carbonyl (C=O) groups is 3. The van der Waals surface area contributed by atoms with Crippen molar-refractivity contribution in [2.24, 2.45) is 5.73 Å². The highest BCUT2D eigenvalue weighted by molar-refractivity contribution is 5.95. The Morgan fingerprint density at radius 2 is 1.90 bits per heavy atom. The second kappa shape index (κ2) is 6.50. The van der Waals surface area contributed by atoms with Gasteiger partial charge in [0.2, 0.25) is 5.91 Å². The van der Waals surface area contributed by atoms with Crippen LogP contribution in [0.2, 0.25) is 0 Å². The lowest BCUT2D eigenvalue weighted by molar-refractivity contribution is -0.140. The number of nitrogens with two attached hydrogens (primary N) is 1. The van der Waals surface area contributed by atoms with E-state index in [4.69, 9.17) is 10.8 Å². The van der Waals surface area contributed by atoms with E-state index in [-0.39, 0.29) is 0 Å². The summed E-state index contributed by atoms with van der Waals surface area (Å²) in [5.41, 5.74) is 5.27. The van der Waals surface area contributed by atoms with Crippen molar-refractivity contribution in [3.8, 4) is 0 Å². The summed E-state index contributed by atoms with van der Waals surface area (Å²) in [6.07, 6.45) is -0.516. The van der Waals surface area contributed by atoms with E-state index in [1.54, 1.807) is 0 Å². The smallest absolute Gasteiger partial charge is 0.326 e. The average molecular weight is 283 g/mol. The van der Waals surface area contributed by atoms with E-state index in [0.29, 0.717) is 5.69 Å². The molecule has 7 nitrogen and oxygen atoms in total. The minimum absolute atomic E-state index is 0.368. The van der Waals surface area contributed by atoms with E-state index in [0.717, 1.165) is 17.0 Å². The fourth-order valence-corrected chi connectivity index (χ4v) is 1.43. The van der Waals surface area contributed by atoms with Gasteiger partial charge in [0.05, 0.1) is 6.42 Å². The first kappa shape index (κ1) is 15.4. The number of carboxylic acid groups (broad SMARTS) is 1. The molecule has 1 aromatic rings. The number of carbonyl (C=O) groups excluding carboxylic acids is 2. The van der Waals surface area contributed by atoms with Gasteiger partial charge in [0.1, 0.15) is 11.9 Å². The van der Waals surface area contributed by atoms with Crippen LogP contribution in [0.15, 0.2) is 24.3 Å². The molecule has 20 heavy (non-hydrogen) atoms. The summed E-state index contributed by atoms with van der Waals surface area (Å²) in [6.45, 7) is 0. The summed E-state index contributed by atoms with van der Waals surface area (Å²) < 4.78 is 12.8. The van der Waals surface area contributed by atoms with Crippen LogP contribution in [0.25, 0.3) is 0 Å². The summed E-state index contributed by atoms with van der Waals surface area (Å²) in [6, 6.07) is 2.89. The van der Waals surface area contributed by atoms with Crippen molar-refractivity contribution in [1.82, 2.24) is 5.32 Å². The first-order valence-corrected chi connectivity index (χ1v) is 5.62. The Kier molecular flexibility index (Phi) is 5.01. The molecule has 0 saturated carbocycles. The number of rotatable bonds is 5. The molecule has 1 aromatic carbocycles. The fourth-order valence-electron chi connectivity index (χ4n) is 1.43. The van der Waals surface area contributed by atoms with Crippen LogP contribution in [0.4, 0.5) is 14.9 Å². The van der Waals surface area contributed by atoms with E-state index in [1.165, 1.54) is 19.2 Å². The van der Waals surface area contributed by atoms with Crippen LogP contribution < -0.4 is 16.0 Å². The van der Waals surface area contributed by atoms with Crippen molar-refractivity contribution in [2.45, 2.75) is 12.5 Å². The number of primary amides is 1. The van der Waals surface area contributed by atoms with Crippen LogP contribution in [-0.4, -0.2) is 36.1 Å². The Morgan fingerprint density at radius 3 is 2.35 bits per heavy atom. The van der Waals surface area contributed by atoms with Gasteiger partial charge in [-0.3, -0.25) is 9.69 Å². The molecule has 8 heteroatoms. The van der Waals surface area contributed by atoms with E-state index >= 15 is 0 Å². The molecule has 108 valence electrons. The van der Waals surface area contributed by atoms with Gasteiger partial charge in [0.25, 0.3) is 0 Å². The fraction of sp³-hybridized carbons (Fsp3) is 0.250. The highest BCUT2D eigenvalue weighted by Gasteiger charge is 2.24. The molecule has 3 amide bonds. The number of halogens is 1. The maximum Gasteiger partial charge on any atom is 0.326 e. The highest BCUT2D eigenvalue weighted by atomic mass is 19.1. The molecule has 0 aliphatic rings. The molecule has 1 rings (SSSR count). The molecule has 0 fully saturated rings. The van der Waals surface area contributed by atoms with E-state index < -0.39 is 36.2 Å². The summed E-state index contributed by atoms with van der Waals surface area (Å²) in [5, 5.41) is 11.0. The summed E-state index contributed by atoms with van der Waals surface area (Å²) >= 11 is 0. The molecule has 0 bridgehead atoms. The zero-order chi connectivity index (χ0) is 15.3. The standard InChI is InChI=1S/C12H14FN3O4/c1-16(8-4-2-7(13)3-5-8)12(20)15-9(11(18)19)6-10(14)17/h2-5,9H,6H2,1H3,(H2,14,17)(H,15,20)(H,18,19). The molecule has 0 spiro atoms. The Labute approximate surface area is 114 Å². The Hall–Kier alpha value is -2.64. The van der Waals surface area contributed by atoms with Gasteiger partial charge >= 0.3 is 12.0 Å². The normalized spacial score (nSPS) is 11.5. The quantitative estimate of drug-likeness (QED) is 0.721. The molecular formula is C12H14FN3O4. The van der Waals surface area contributed by atoms with Crippen molar-refractivity contribution in [1.29, 1.82) is 0 Å². The number of nitrogens with zero attached hydrogens (tertiary/aromatic N) is 1. The summed E-state index contributed by atoms with van der Waals surface area (Å²) in [4.78, 5) is 34.5. The number of aliphatic carboxylic acids is 1. The van der Waals surface area contributed by atoms with E-state index in [9.17, 15) is 18.8 Å². The van der Waals surface area contributed by atoms with Gasteiger partial charge in [0.15, 0.2) is 0 Å². The lowest BCUT2D eigenvalue weighted by Crippen LogP contribution is -2.48. The van der Waals surface area contributed by atoms with Crippen molar-refractivity contribution < 1.29 is 23.9 Å². The van der Waals surface area contributed by atoms with Crippen LogP contribution >= 0.6 is 0 Å². The number of carboxylic acids is 1. The third-order valence-corrected chi connectivity index (χ3v) is 2.52. The van der Waals surface area contributed by atoms with Gasteiger partial charge in [-0.05, 0) is 24.3 Å². The molecule has 1 atom stereocenters. The lowest BCUT2D eigenvalue weighted by atomic mass is 10.2. The van der Waals surface area contributed by atoms with Crippen molar-refractivity contribution in [3.63, 3.8) is 0 Å². The minimum Gasteiger partial charge on any atom is -0.480 e. The van der Waals surface area contributed by atoms with Crippen molar-refractivity contribution >= 4 is 23.6 Å². The number of hydrogen-bond acceptors (Lipinski definition) is 3. The number of hydrogen-bond donors (Lipinski definition) is 3. The number of anilines is 1. The van der Waals surface area contributed by atoms with Crippen LogP contribution in [-0.2, 0) is 9.59 Å². The van der Waals surface area contributed by atoms with E-state index in [2.05, 4.69) is 5.32 Å². The Balaban J connectivity index is 2.75. The number of nitrogens with one attached hydrogen (secondary N) is 1. The second-order valence-electron chi connectivity index (χ2n) is 4.05. The average Bonchev–Trinajstić information content (AvgIpc) is 2.37. The molecule has 0 aliphatic carbocycles. The van der Waals surface area contributed by atoms with Gasteiger partial charge in [-0.25, -0.2) is 14.0 Å². The largest absolute Gasteiger partial charge is 0.480 e. The predicted octanol–water partition coefficient (Wildman–Crippen LogP) is 0.300. The van der Waals surface area contributed by atoms with Gasteiger partial charge in [-0.15, -0.1) is 0 Å². The molecule has 0 radical (unpaired) electrons. The van der Waals surface area contributed by atoms with Crippen LogP contribution in [0.5, 0.6) is 0 Å².